The molecule has 1 aromatic carbocycles. The van der Waals surface area contributed by atoms with E-state index in [2.05, 4.69) is 25.2 Å². The van der Waals surface area contributed by atoms with Gasteiger partial charge in [0.05, 0.1) is 6.04 Å². The van der Waals surface area contributed by atoms with E-state index in [1.807, 2.05) is 18.2 Å². The second-order valence-electron chi connectivity index (χ2n) is 6.24. The first-order valence-corrected chi connectivity index (χ1v) is 8.49. The van der Waals surface area contributed by atoms with E-state index in [0.29, 0.717) is 11.5 Å². The van der Waals surface area contributed by atoms with Crippen LogP contribution in [0.5, 0.6) is 0 Å². The Balaban J connectivity index is 2.02. The number of fused-ring (bicyclic) bond motifs is 1. The third-order valence-electron chi connectivity index (χ3n) is 5.11. The van der Waals surface area contributed by atoms with Crippen molar-refractivity contribution in [3.05, 3.63) is 35.0 Å². The summed E-state index contributed by atoms with van der Waals surface area (Å²) in [5, 5.41) is 5.55. The molecule has 2 nitrogen and oxygen atoms in total. The van der Waals surface area contributed by atoms with E-state index in [1.165, 1.54) is 32.1 Å². The third-order valence-corrected chi connectivity index (χ3v) is 5.34. The van der Waals surface area contributed by atoms with Crippen molar-refractivity contribution in [3.8, 4) is 0 Å². The molecule has 1 aromatic heterocycles. The molecule has 1 heterocycles. The highest BCUT2D eigenvalue weighted by molar-refractivity contribution is 6.31. The Labute approximate surface area is 131 Å². The first-order chi connectivity index (χ1) is 10.2. The van der Waals surface area contributed by atoms with Crippen LogP contribution in [0.1, 0.15) is 57.8 Å². The highest BCUT2D eigenvalue weighted by Gasteiger charge is 2.41. The maximum atomic E-state index is 6.16. The Bertz CT molecular complexity index is 613. The second kappa shape index (κ2) is 6.02. The summed E-state index contributed by atoms with van der Waals surface area (Å²) in [5.41, 5.74) is 1.27. The van der Waals surface area contributed by atoms with Crippen LogP contribution in [0.15, 0.2) is 28.7 Å². The highest BCUT2D eigenvalue weighted by Crippen LogP contribution is 2.50. The Morgan fingerprint density at radius 1 is 1.24 bits per heavy atom. The van der Waals surface area contributed by atoms with E-state index in [1.54, 1.807) is 0 Å². The molecular formula is C18H24ClNO. The average Bonchev–Trinajstić information content (AvgIpc) is 3.11. The summed E-state index contributed by atoms with van der Waals surface area (Å²) in [6.45, 7) is 5.45. The molecule has 0 saturated heterocycles. The minimum atomic E-state index is 0.307. The summed E-state index contributed by atoms with van der Waals surface area (Å²) in [7, 11) is 0. The molecule has 1 atom stereocenters. The number of furan rings is 1. The summed E-state index contributed by atoms with van der Waals surface area (Å²) in [5.74, 6) is 1.07. The SMILES string of the molecule is CCNC(c1cc2cc(Cl)ccc2o1)C1(CC)CCCC1. The van der Waals surface area contributed by atoms with E-state index in [4.69, 9.17) is 16.0 Å². The molecule has 114 valence electrons. The zero-order valence-electron chi connectivity index (χ0n) is 12.9. The van der Waals surface area contributed by atoms with Gasteiger partial charge in [-0.1, -0.05) is 38.3 Å². The molecule has 0 spiro atoms. The molecule has 3 rings (SSSR count). The Kier molecular flexibility index (Phi) is 4.28. The largest absolute Gasteiger partial charge is 0.459 e. The number of benzene rings is 1. The van der Waals surface area contributed by atoms with Crippen molar-refractivity contribution < 1.29 is 4.42 Å². The lowest BCUT2D eigenvalue weighted by atomic mass is 9.75. The van der Waals surface area contributed by atoms with Gasteiger partial charge < -0.3 is 9.73 Å². The Hall–Kier alpha value is -0.990. The molecule has 1 aliphatic carbocycles. The van der Waals surface area contributed by atoms with Gasteiger partial charge in [0.2, 0.25) is 0 Å². The van der Waals surface area contributed by atoms with E-state index >= 15 is 0 Å². The number of halogens is 1. The van der Waals surface area contributed by atoms with Gasteiger partial charge >= 0.3 is 0 Å². The summed E-state index contributed by atoms with van der Waals surface area (Å²) < 4.78 is 6.16. The fraction of sp³-hybridized carbons (Fsp3) is 0.556. The van der Waals surface area contributed by atoms with Crippen LogP contribution in [0.25, 0.3) is 11.0 Å². The van der Waals surface area contributed by atoms with E-state index in [-0.39, 0.29) is 0 Å². The number of rotatable bonds is 5. The lowest BCUT2D eigenvalue weighted by Gasteiger charge is -2.36. The molecule has 1 aliphatic rings. The van der Waals surface area contributed by atoms with Crippen LogP contribution in [-0.4, -0.2) is 6.54 Å². The van der Waals surface area contributed by atoms with Gasteiger partial charge in [0.25, 0.3) is 0 Å². The molecule has 3 heteroatoms. The molecule has 0 radical (unpaired) electrons. The minimum Gasteiger partial charge on any atom is -0.459 e. The van der Waals surface area contributed by atoms with Gasteiger partial charge in [-0.3, -0.25) is 0 Å². The topological polar surface area (TPSA) is 25.2 Å². The van der Waals surface area contributed by atoms with Crippen LogP contribution in [0.2, 0.25) is 5.02 Å². The molecule has 0 aliphatic heterocycles. The third kappa shape index (κ3) is 2.72. The quantitative estimate of drug-likeness (QED) is 0.765. The first-order valence-electron chi connectivity index (χ1n) is 8.11. The molecule has 1 saturated carbocycles. The highest BCUT2D eigenvalue weighted by atomic mass is 35.5. The fourth-order valence-electron chi connectivity index (χ4n) is 3.93. The molecule has 0 amide bonds. The standard InChI is InChI=1S/C18H24ClNO/c1-3-18(9-5-6-10-18)17(20-4-2)16-12-13-11-14(19)7-8-15(13)21-16/h7-8,11-12,17,20H,3-6,9-10H2,1-2H3. The smallest absolute Gasteiger partial charge is 0.134 e. The van der Waals surface area contributed by atoms with Gasteiger partial charge in [0.15, 0.2) is 0 Å². The van der Waals surface area contributed by atoms with Crippen molar-refractivity contribution >= 4 is 22.6 Å². The van der Waals surface area contributed by atoms with Gasteiger partial charge in [-0.2, -0.15) is 0 Å². The van der Waals surface area contributed by atoms with Crippen molar-refractivity contribution in [1.82, 2.24) is 5.32 Å². The molecule has 1 N–H and O–H groups in total. The van der Waals surface area contributed by atoms with Crippen molar-refractivity contribution in [2.75, 3.05) is 6.54 Å². The Morgan fingerprint density at radius 3 is 2.67 bits per heavy atom. The van der Waals surface area contributed by atoms with Crippen molar-refractivity contribution in [3.63, 3.8) is 0 Å². The van der Waals surface area contributed by atoms with E-state index in [0.717, 1.165) is 28.3 Å². The summed E-state index contributed by atoms with van der Waals surface area (Å²) >= 11 is 6.09. The maximum absolute atomic E-state index is 6.16. The van der Waals surface area contributed by atoms with Crippen LogP contribution >= 0.6 is 11.6 Å². The molecule has 0 bridgehead atoms. The first kappa shape index (κ1) is 14.9. The van der Waals surface area contributed by atoms with Gasteiger partial charge in [-0.25, -0.2) is 0 Å². The van der Waals surface area contributed by atoms with Gasteiger partial charge in [0.1, 0.15) is 11.3 Å². The predicted molar refractivity (Wildman–Crippen MR) is 88.8 cm³/mol. The van der Waals surface area contributed by atoms with Gasteiger partial charge in [-0.15, -0.1) is 0 Å². The molecule has 1 unspecified atom stereocenters. The summed E-state index contributed by atoms with van der Waals surface area (Å²) in [6, 6.07) is 8.33. The number of hydrogen-bond acceptors (Lipinski definition) is 2. The van der Waals surface area contributed by atoms with Crippen LogP contribution < -0.4 is 5.32 Å². The predicted octanol–water partition coefficient (Wildman–Crippen LogP) is 5.71. The summed E-state index contributed by atoms with van der Waals surface area (Å²) in [6.07, 6.45) is 6.45. The van der Waals surface area contributed by atoms with Gasteiger partial charge in [-0.05, 0) is 55.5 Å². The average molecular weight is 306 g/mol. The van der Waals surface area contributed by atoms with E-state index < -0.39 is 0 Å². The molecule has 1 fully saturated rings. The lowest BCUT2D eigenvalue weighted by molar-refractivity contribution is 0.169. The van der Waals surface area contributed by atoms with Crippen molar-refractivity contribution in [2.45, 2.75) is 52.0 Å². The van der Waals surface area contributed by atoms with Crippen LogP contribution in [0.3, 0.4) is 0 Å². The summed E-state index contributed by atoms with van der Waals surface area (Å²) in [4.78, 5) is 0. The van der Waals surface area contributed by atoms with E-state index in [9.17, 15) is 0 Å². The van der Waals surface area contributed by atoms with Crippen molar-refractivity contribution in [1.29, 1.82) is 0 Å². The van der Waals surface area contributed by atoms with Crippen LogP contribution in [0.4, 0.5) is 0 Å². The maximum Gasteiger partial charge on any atom is 0.134 e. The molecular weight excluding hydrogens is 282 g/mol. The minimum absolute atomic E-state index is 0.307. The number of nitrogens with one attached hydrogen (secondary N) is 1. The molecule has 2 aromatic rings. The van der Waals surface area contributed by atoms with Gasteiger partial charge in [0, 0.05) is 10.4 Å². The Morgan fingerprint density at radius 2 is 2.00 bits per heavy atom. The normalized spacial score (nSPS) is 19.2. The van der Waals surface area contributed by atoms with Crippen LogP contribution in [0, 0.1) is 5.41 Å². The zero-order chi connectivity index (χ0) is 14.9. The molecule has 21 heavy (non-hydrogen) atoms. The lowest BCUT2D eigenvalue weighted by Crippen LogP contribution is -2.35. The fourth-order valence-corrected chi connectivity index (χ4v) is 4.11. The van der Waals surface area contributed by atoms with Crippen molar-refractivity contribution in [2.24, 2.45) is 5.41 Å². The van der Waals surface area contributed by atoms with Crippen LogP contribution in [-0.2, 0) is 0 Å². The monoisotopic (exact) mass is 305 g/mol. The number of hydrogen-bond donors (Lipinski definition) is 1. The zero-order valence-corrected chi connectivity index (χ0v) is 13.7. The second-order valence-corrected chi connectivity index (χ2v) is 6.68.